The summed E-state index contributed by atoms with van der Waals surface area (Å²) in [6.07, 6.45) is 0.119. The molecule has 0 radical (unpaired) electrons. The van der Waals surface area contributed by atoms with E-state index in [0.717, 1.165) is 10.5 Å². The fourth-order valence-corrected chi connectivity index (χ4v) is 2.62. The van der Waals surface area contributed by atoms with E-state index in [2.05, 4.69) is 10.6 Å². The smallest absolute Gasteiger partial charge is 0.325 e. The van der Waals surface area contributed by atoms with Gasteiger partial charge >= 0.3 is 12.0 Å². The lowest BCUT2D eigenvalue weighted by molar-refractivity contribution is -0.137. The second kappa shape index (κ2) is 7.33. The van der Waals surface area contributed by atoms with E-state index >= 15 is 0 Å². The van der Waals surface area contributed by atoms with Crippen molar-refractivity contribution in [3.05, 3.63) is 35.9 Å². The van der Waals surface area contributed by atoms with Gasteiger partial charge < -0.3 is 15.3 Å². The average molecular weight is 347 g/mol. The van der Waals surface area contributed by atoms with E-state index in [1.807, 2.05) is 6.07 Å². The molecule has 25 heavy (non-hydrogen) atoms. The molecule has 0 aromatic heterocycles. The number of carbonyl (C=O) groups excluding carboxylic acids is 3. The standard InChI is InChI=1S/C17H21N3O5/c1-17(2)15(24)19-16(25)20(17)10-13(21)18-12(8-9-14(22)23)11-6-4-3-5-7-11/h3-7,12H,8-10H2,1-2H3,(H,18,21)(H,22,23)(H,19,24,25). The number of imide groups is 1. The Labute approximate surface area is 145 Å². The number of carboxylic acid groups (broad SMARTS) is 1. The first-order valence-corrected chi connectivity index (χ1v) is 7.91. The SMILES string of the molecule is CC1(C)C(=O)NC(=O)N1CC(=O)NC(CCC(=O)O)c1ccccc1. The summed E-state index contributed by atoms with van der Waals surface area (Å²) >= 11 is 0. The molecular formula is C17H21N3O5. The average Bonchev–Trinajstić information content (AvgIpc) is 2.74. The second-order valence-corrected chi connectivity index (χ2v) is 6.37. The van der Waals surface area contributed by atoms with Crippen LogP contribution in [0.15, 0.2) is 30.3 Å². The third-order valence-corrected chi connectivity index (χ3v) is 4.18. The van der Waals surface area contributed by atoms with E-state index in [9.17, 15) is 19.2 Å². The third kappa shape index (κ3) is 4.34. The minimum atomic E-state index is -1.11. The van der Waals surface area contributed by atoms with Gasteiger partial charge in [0.05, 0.1) is 6.04 Å². The van der Waals surface area contributed by atoms with Crippen LogP contribution in [0.25, 0.3) is 0 Å². The number of carbonyl (C=O) groups is 4. The zero-order valence-corrected chi connectivity index (χ0v) is 14.1. The van der Waals surface area contributed by atoms with Gasteiger partial charge in [-0.15, -0.1) is 0 Å². The summed E-state index contributed by atoms with van der Waals surface area (Å²) in [6.45, 7) is 2.82. The first-order valence-electron chi connectivity index (χ1n) is 7.91. The molecule has 1 aliphatic heterocycles. The molecule has 0 spiro atoms. The number of hydrogen-bond donors (Lipinski definition) is 3. The number of urea groups is 1. The highest BCUT2D eigenvalue weighted by Gasteiger charge is 2.46. The predicted octanol–water partition coefficient (Wildman–Crippen LogP) is 1.04. The zero-order chi connectivity index (χ0) is 18.6. The van der Waals surface area contributed by atoms with E-state index in [1.165, 1.54) is 0 Å². The number of amides is 4. The van der Waals surface area contributed by atoms with Gasteiger partial charge in [-0.2, -0.15) is 0 Å². The highest BCUT2D eigenvalue weighted by atomic mass is 16.4. The summed E-state index contributed by atoms with van der Waals surface area (Å²) in [5.41, 5.74) is -0.337. The molecule has 1 aliphatic rings. The summed E-state index contributed by atoms with van der Waals surface area (Å²) in [4.78, 5) is 48.0. The molecule has 2 rings (SSSR count). The van der Waals surface area contributed by atoms with Gasteiger partial charge in [-0.3, -0.25) is 19.7 Å². The van der Waals surface area contributed by atoms with Crippen LogP contribution in [0.3, 0.4) is 0 Å². The van der Waals surface area contributed by atoms with E-state index in [1.54, 1.807) is 38.1 Å². The van der Waals surface area contributed by atoms with Gasteiger partial charge in [0.15, 0.2) is 0 Å². The maximum absolute atomic E-state index is 12.4. The van der Waals surface area contributed by atoms with Crippen molar-refractivity contribution in [3.8, 4) is 0 Å². The van der Waals surface area contributed by atoms with E-state index < -0.39 is 35.4 Å². The number of carboxylic acids is 1. The molecule has 1 heterocycles. The van der Waals surface area contributed by atoms with Crippen LogP contribution < -0.4 is 10.6 Å². The molecule has 1 unspecified atom stereocenters. The zero-order valence-electron chi connectivity index (χ0n) is 14.1. The van der Waals surface area contributed by atoms with Crippen LogP contribution in [-0.2, 0) is 14.4 Å². The minimum absolute atomic E-state index is 0.103. The van der Waals surface area contributed by atoms with Crippen LogP contribution in [0.1, 0.15) is 38.3 Å². The van der Waals surface area contributed by atoms with Gasteiger partial charge in [-0.05, 0) is 25.8 Å². The molecule has 8 heteroatoms. The lowest BCUT2D eigenvalue weighted by Crippen LogP contribution is -2.49. The molecule has 3 N–H and O–H groups in total. The van der Waals surface area contributed by atoms with Crippen LogP contribution in [0, 0.1) is 0 Å². The molecule has 0 bridgehead atoms. The van der Waals surface area contributed by atoms with Crippen molar-refractivity contribution in [1.29, 1.82) is 0 Å². The van der Waals surface area contributed by atoms with Crippen molar-refractivity contribution in [2.45, 2.75) is 38.3 Å². The molecule has 1 fully saturated rings. The Morgan fingerprint density at radius 1 is 1.24 bits per heavy atom. The van der Waals surface area contributed by atoms with Crippen molar-refractivity contribution >= 4 is 23.8 Å². The largest absolute Gasteiger partial charge is 0.481 e. The van der Waals surface area contributed by atoms with Crippen LogP contribution >= 0.6 is 0 Å². The Kier molecular flexibility index (Phi) is 5.41. The number of aliphatic carboxylic acids is 1. The van der Waals surface area contributed by atoms with Crippen molar-refractivity contribution in [2.24, 2.45) is 0 Å². The van der Waals surface area contributed by atoms with Crippen LogP contribution in [0.2, 0.25) is 0 Å². The van der Waals surface area contributed by atoms with E-state index in [-0.39, 0.29) is 19.4 Å². The fraction of sp³-hybridized carbons (Fsp3) is 0.412. The van der Waals surface area contributed by atoms with Crippen LogP contribution in [0.5, 0.6) is 0 Å². The van der Waals surface area contributed by atoms with Crippen LogP contribution in [-0.4, -0.2) is 45.9 Å². The lowest BCUT2D eigenvalue weighted by Gasteiger charge is -2.28. The highest BCUT2D eigenvalue weighted by molar-refractivity contribution is 6.07. The van der Waals surface area contributed by atoms with Crippen molar-refractivity contribution in [2.75, 3.05) is 6.54 Å². The molecule has 1 atom stereocenters. The number of rotatable bonds is 7. The molecule has 8 nitrogen and oxygen atoms in total. The van der Waals surface area contributed by atoms with Crippen molar-refractivity contribution in [3.63, 3.8) is 0 Å². The molecule has 0 aliphatic carbocycles. The first-order chi connectivity index (χ1) is 11.7. The van der Waals surface area contributed by atoms with Gasteiger partial charge in [0.1, 0.15) is 12.1 Å². The maximum atomic E-state index is 12.4. The van der Waals surface area contributed by atoms with E-state index in [0.29, 0.717) is 0 Å². The minimum Gasteiger partial charge on any atom is -0.481 e. The normalized spacial score (nSPS) is 17.1. The summed E-state index contributed by atoms with van der Waals surface area (Å²) < 4.78 is 0. The fourth-order valence-electron chi connectivity index (χ4n) is 2.62. The van der Waals surface area contributed by atoms with Crippen molar-refractivity contribution < 1.29 is 24.3 Å². The first kappa shape index (κ1) is 18.4. The Bertz CT molecular complexity index is 687. The summed E-state index contributed by atoms with van der Waals surface area (Å²) in [5, 5.41) is 13.8. The summed E-state index contributed by atoms with van der Waals surface area (Å²) in [5.74, 6) is -1.88. The van der Waals surface area contributed by atoms with E-state index in [4.69, 9.17) is 5.11 Å². The second-order valence-electron chi connectivity index (χ2n) is 6.37. The molecule has 134 valence electrons. The Morgan fingerprint density at radius 2 is 1.88 bits per heavy atom. The van der Waals surface area contributed by atoms with Gasteiger partial charge in [0.2, 0.25) is 5.91 Å². The van der Waals surface area contributed by atoms with Crippen LogP contribution in [0.4, 0.5) is 4.79 Å². The third-order valence-electron chi connectivity index (χ3n) is 4.18. The highest BCUT2D eigenvalue weighted by Crippen LogP contribution is 2.22. The summed E-state index contributed by atoms with van der Waals surface area (Å²) in [7, 11) is 0. The van der Waals surface area contributed by atoms with Gasteiger partial charge in [-0.1, -0.05) is 30.3 Å². The number of hydrogen-bond acceptors (Lipinski definition) is 4. The predicted molar refractivity (Wildman–Crippen MR) is 88.5 cm³/mol. The molecule has 4 amide bonds. The molecule has 1 aromatic carbocycles. The molecule has 1 saturated heterocycles. The number of benzene rings is 1. The Morgan fingerprint density at radius 3 is 2.40 bits per heavy atom. The van der Waals surface area contributed by atoms with Gasteiger partial charge in [0.25, 0.3) is 5.91 Å². The maximum Gasteiger partial charge on any atom is 0.325 e. The Hall–Kier alpha value is -2.90. The van der Waals surface area contributed by atoms with Gasteiger partial charge in [-0.25, -0.2) is 4.79 Å². The molecule has 1 aromatic rings. The number of nitrogens with zero attached hydrogens (tertiary/aromatic N) is 1. The summed E-state index contributed by atoms with van der Waals surface area (Å²) in [6, 6.07) is 7.89. The number of nitrogens with one attached hydrogen (secondary N) is 2. The Balaban J connectivity index is 2.08. The van der Waals surface area contributed by atoms with Crippen molar-refractivity contribution in [1.82, 2.24) is 15.5 Å². The quantitative estimate of drug-likeness (QED) is 0.637. The monoisotopic (exact) mass is 347 g/mol. The molecule has 0 saturated carbocycles. The topological polar surface area (TPSA) is 116 Å². The van der Waals surface area contributed by atoms with Gasteiger partial charge in [0, 0.05) is 6.42 Å². The molecular weight excluding hydrogens is 326 g/mol. The lowest BCUT2D eigenvalue weighted by atomic mass is 10.0.